The van der Waals surface area contributed by atoms with Crippen molar-refractivity contribution in [3.05, 3.63) is 78.2 Å². The number of rotatable bonds is 3. The van der Waals surface area contributed by atoms with Crippen molar-refractivity contribution < 1.29 is 4.39 Å². The van der Waals surface area contributed by atoms with Crippen LogP contribution in [0.5, 0.6) is 0 Å². The first kappa shape index (κ1) is 15.2. The zero-order chi connectivity index (χ0) is 17.2. The number of hydrogen-bond donors (Lipinski definition) is 1. The van der Waals surface area contributed by atoms with E-state index in [9.17, 15) is 4.39 Å². The van der Waals surface area contributed by atoms with Crippen LogP contribution in [0.2, 0.25) is 0 Å². The molecule has 0 aliphatic carbocycles. The molecule has 2 aromatic carbocycles. The average molecular weight is 330 g/mol. The summed E-state index contributed by atoms with van der Waals surface area (Å²) in [6.07, 6.45) is 1.70. The molecule has 4 nitrogen and oxygen atoms in total. The third-order valence-electron chi connectivity index (χ3n) is 4.03. The summed E-state index contributed by atoms with van der Waals surface area (Å²) >= 11 is 0. The SMILES string of the molecule is Cc1cccnc1-c1n[nH]c(-c2ccc(-c3ccccc3)c(F)c2)n1. The minimum Gasteiger partial charge on any atom is -0.259 e. The predicted octanol–water partition coefficient (Wildman–Crippen LogP) is 4.65. The van der Waals surface area contributed by atoms with Gasteiger partial charge in [-0.25, -0.2) is 9.37 Å². The predicted molar refractivity (Wildman–Crippen MR) is 95.2 cm³/mol. The highest BCUT2D eigenvalue weighted by Crippen LogP contribution is 2.27. The van der Waals surface area contributed by atoms with Crippen molar-refractivity contribution in [1.82, 2.24) is 20.2 Å². The van der Waals surface area contributed by atoms with E-state index in [2.05, 4.69) is 20.2 Å². The van der Waals surface area contributed by atoms with Crippen LogP contribution >= 0.6 is 0 Å². The molecule has 122 valence electrons. The third kappa shape index (κ3) is 2.92. The van der Waals surface area contributed by atoms with Gasteiger partial charge in [-0.2, -0.15) is 5.10 Å². The van der Waals surface area contributed by atoms with Gasteiger partial charge in [0.05, 0.1) is 0 Å². The number of pyridine rings is 1. The molecule has 5 heteroatoms. The molecule has 0 fully saturated rings. The zero-order valence-electron chi connectivity index (χ0n) is 13.6. The Morgan fingerprint density at radius 1 is 0.920 bits per heavy atom. The number of H-pyrrole nitrogens is 1. The minimum atomic E-state index is -0.296. The first-order valence-corrected chi connectivity index (χ1v) is 7.92. The lowest BCUT2D eigenvalue weighted by Crippen LogP contribution is -1.89. The fourth-order valence-electron chi connectivity index (χ4n) is 2.73. The molecule has 0 saturated carbocycles. The quantitative estimate of drug-likeness (QED) is 0.595. The second-order valence-corrected chi connectivity index (χ2v) is 5.74. The molecule has 4 aromatic rings. The molecule has 4 rings (SSSR count). The van der Waals surface area contributed by atoms with Crippen LogP contribution in [0.15, 0.2) is 66.9 Å². The maximum Gasteiger partial charge on any atom is 0.200 e. The molecule has 0 amide bonds. The lowest BCUT2D eigenvalue weighted by molar-refractivity contribution is 0.631. The highest BCUT2D eigenvalue weighted by molar-refractivity contribution is 5.69. The third-order valence-corrected chi connectivity index (χ3v) is 4.03. The van der Waals surface area contributed by atoms with E-state index in [1.165, 1.54) is 6.07 Å². The van der Waals surface area contributed by atoms with Gasteiger partial charge in [0.15, 0.2) is 11.6 Å². The van der Waals surface area contributed by atoms with Crippen LogP contribution in [0.25, 0.3) is 34.0 Å². The molecule has 0 spiro atoms. The fraction of sp³-hybridized carbons (Fsp3) is 0.0500. The topological polar surface area (TPSA) is 54.5 Å². The van der Waals surface area contributed by atoms with Gasteiger partial charge < -0.3 is 0 Å². The Bertz CT molecular complexity index is 1020. The monoisotopic (exact) mass is 330 g/mol. The zero-order valence-corrected chi connectivity index (χ0v) is 13.6. The van der Waals surface area contributed by atoms with Crippen molar-refractivity contribution in [3.8, 4) is 34.0 Å². The number of aromatic amines is 1. The Labute approximate surface area is 144 Å². The van der Waals surface area contributed by atoms with E-state index >= 15 is 0 Å². The van der Waals surface area contributed by atoms with Gasteiger partial charge >= 0.3 is 0 Å². The van der Waals surface area contributed by atoms with Crippen molar-refractivity contribution in [2.75, 3.05) is 0 Å². The number of nitrogens with zero attached hydrogens (tertiary/aromatic N) is 3. The van der Waals surface area contributed by atoms with Crippen LogP contribution in [0.3, 0.4) is 0 Å². The maximum atomic E-state index is 14.5. The summed E-state index contributed by atoms with van der Waals surface area (Å²) in [4.78, 5) is 8.77. The Kier molecular flexibility index (Phi) is 3.82. The second-order valence-electron chi connectivity index (χ2n) is 5.74. The van der Waals surface area contributed by atoms with Crippen LogP contribution in [-0.4, -0.2) is 20.2 Å². The van der Waals surface area contributed by atoms with Gasteiger partial charge in [0.25, 0.3) is 0 Å². The molecular weight excluding hydrogens is 315 g/mol. The normalized spacial score (nSPS) is 10.8. The summed E-state index contributed by atoms with van der Waals surface area (Å²) in [6, 6.07) is 18.3. The molecule has 0 aliphatic rings. The van der Waals surface area contributed by atoms with Crippen molar-refractivity contribution >= 4 is 0 Å². The first-order valence-electron chi connectivity index (χ1n) is 7.92. The van der Waals surface area contributed by atoms with E-state index in [1.54, 1.807) is 12.3 Å². The minimum absolute atomic E-state index is 0.296. The standard InChI is InChI=1S/C20H15FN4/c1-13-6-5-11-22-18(13)20-23-19(24-25-20)15-9-10-16(17(21)12-15)14-7-3-2-4-8-14/h2-12H,1H3,(H,23,24,25). The van der Waals surface area contributed by atoms with Crippen molar-refractivity contribution in [1.29, 1.82) is 0 Å². The fourth-order valence-corrected chi connectivity index (χ4v) is 2.73. The van der Waals surface area contributed by atoms with Crippen molar-refractivity contribution in [2.24, 2.45) is 0 Å². The summed E-state index contributed by atoms with van der Waals surface area (Å²) in [6.45, 7) is 1.95. The lowest BCUT2D eigenvalue weighted by Gasteiger charge is -2.05. The van der Waals surface area contributed by atoms with E-state index in [-0.39, 0.29) is 5.82 Å². The van der Waals surface area contributed by atoms with Crippen LogP contribution in [0, 0.1) is 12.7 Å². The van der Waals surface area contributed by atoms with E-state index in [0.29, 0.717) is 28.5 Å². The number of aryl methyl sites for hydroxylation is 1. The van der Waals surface area contributed by atoms with Crippen LogP contribution in [-0.2, 0) is 0 Å². The highest BCUT2D eigenvalue weighted by Gasteiger charge is 2.13. The molecule has 0 unspecified atom stereocenters. The molecule has 2 aromatic heterocycles. The smallest absolute Gasteiger partial charge is 0.200 e. The van der Waals surface area contributed by atoms with E-state index in [4.69, 9.17) is 0 Å². The highest BCUT2D eigenvalue weighted by atomic mass is 19.1. The second kappa shape index (κ2) is 6.28. The van der Waals surface area contributed by atoms with Gasteiger partial charge in [-0.1, -0.05) is 48.5 Å². The number of halogens is 1. The Morgan fingerprint density at radius 3 is 2.52 bits per heavy atom. The van der Waals surface area contributed by atoms with E-state index in [1.807, 2.05) is 55.5 Å². The average Bonchev–Trinajstić information content (AvgIpc) is 3.12. The number of benzene rings is 2. The lowest BCUT2D eigenvalue weighted by atomic mass is 10.0. The summed E-state index contributed by atoms with van der Waals surface area (Å²) in [5, 5.41) is 7.08. The Balaban J connectivity index is 1.70. The van der Waals surface area contributed by atoms with Crippen LogP contribution in [0.1, 0.15) is 5.56 Å². The largest absolute Gasteiger partial charge is 0.259 e. The van der Waals surface area contributed by atoms with Gasteiger partial charge in [-0.05, 0) is 30.2 Å². The Morgan fingerprint density at radius 2 is 1.76 bits per heavy atom. The first-order chi connectivity index (χ1) is 12.2. The molecule has 0 saturated heterocycles. The molecular formula is C20H15FN4. The summed E-state index contributed by atoms with van der Waals surface area (Å²) in [5.41, 5.74) is 3.74. The Hall–Kier alpha value is -3.34. The maximum absolute atomic E-state index is 14.5. The van der Waals surface area contributed by atoms with Gasteiger partial charge in [0.1, 0.15) is 11.5 Å². The summed E-state index contributed by atoms with van der Waals surface area (Å²) in [5.74, 6) is 0.717. The molecule has 0 atom stereocenters. The van der Waals surface area contributed by atoms with Gasteiger partial charge in [-0.15, -0.1) is 0 Å². The van der Waals surface area contributed by atoms with Crippen molar-refractivity contribution in [2.45, 2.75) is 6.92 Å². The van der Waals surface area contributed by atoms with Crippen LogP contribution in [0.4, 0.5) is 4.39 Å². The summed E-state index contributed by atoms with van der Waals surface area (Å²) in [7, 11) is 0. The molecule has 0 aliphatic heterocycles. The number of nitrogens with one attached hydrogen (secondary N) is 1. The van der Waals surface area contributed by atoms with E-state index < -0.39 is 0 Å². The van der Waals surface area contributed by atoms with Crippen LogP contribution < -0.4 is 0 Å². The number of aromatic nitrogens is 4. The van der Waals surface area contributed by atoms with Gasteiger partial charge in [-0.3, -0.25) is 10.1 Å². The van der Waals surface area contributed by atoms with E-state index in [0.717, 1.165) is 11.1 Å². The van der Waals surface area contributed by atoms with Crippen molar-refractivity contribution in [3.63, 3.8) is 0 Å². The summed E-state index contributed by atoms with van der Waals surface area (Å²) < 4.78 is 14.5. The number of hydrogen-bond acceptors (Lipinski definition) is 3. The molecule has 0 radical (unpaired) electrons. The molecule has 0 bridgehead atoms. The van der Waals surface area contributed by atoms with Gasteiger partial charge in [0, 0.05) is 17.3 Å². The van der Waals surface area contributed by atoms with Gasteiger partial charge in [0.2, 0.25) is 0 Å². The molecule has 1 N–H and O–H groups in total. The molecule has 2 heterocycles. The molecule has 25 heavy (non-hydrogen) atoms.